The number of carbonyl (C=O) groups excluding carboxylic acids is 1. The summed E-state index contributed by atoms with van der Waals surface area (Å²) in [5.74, 6) is -1.79. The van der Waals surface area contributed by atoms with Crippen molar-refractivity contribution in [2.45, 2.75) is 17.7 Å². The fraction of sp³-hybridized carbons (Fsp3) is 0.100. The molecule has 4 rings (SSSR count). The number of halogens is 1. The molecule has 0 spiro atoms. The second-order valence-electron chi connectivity index (χ2n) is 6.74. The molecule has 0 atom stereocenters. The molecule has 0 fully saturated rings. The molecule has 10 heteroatoms. The number of thiophene rings is 1. The SMILES string of the molecule is NS(=O)(=O)c1cccc(C(=O)Nc2sc3c(c2C(=O)O)-c2ccc(Cl)cc2CC3)c1. The van der Waals surface area contributed by atoms with E-state index in [2.05, 4.69) is 5.32 Å². The zero-order chi connectivity index (χ0) is 21.6. The maximum absolute atomic E-state index is 12.7. The number of carboxylic acids is 1. The Bertz CT molecular complexity index is 1310. The summed E-state index contributed by atoms with van der Waals surface area (Å²) in [4.78, 5) is 25.4. The summed E-state index contributed by atoms with van der Waals surface area (Å²) in [6, 6.07) is 10.6. The summed E-state index contributed by atoms with van der Waals surface area (Å²) in [6.45, 7) is 0. The molecule has 1 aliphatic rings. The Labute approximate surface area is 181 Å². The summed E-state index contributed by atoms with van der Waals surface area (Å²) < 4.78 is 23.1. The van der Waals surface area contributed by atoms with Gasteiger partial charge in [-0.2, -0.15) is 0 Å². The van der Waals surface area contributed by atoms with Crippen LogP contribution in [0.1, 0.15) is 31.2 Å². The highest BCUT2D eigenvalue weighted by atomic mass is 35.5. The van der Waals surface area contributed by atoms with Crippen LogP contribution in [0, 0.1) is 0 Å². The van der Waals surface area contributed by atoms with Gasteiger partial charge in [-0.05, 0) is 54.3 Å². The predicted molar refractivity (Wildman–Crippen MR) is 115 cm³/mol. The third kappa shape index (κ3) is 3.72. The fourth-order valence-electron chi connectivity index (χ4n) is 3.48. The summed E-state index contributed by atoms with van der Waals surface area (Å²) in [7, 11) is -3.97. The highest BCUT2D eigenvalue weighted by molar-refractivity contribution is 7.89. The van der Waals surface area contributed by atoms with Gasteiger partial charge in [-0.25, -0.2) is 18.4 Å². The molecular formula is C20H15ClN2O5S2. The highest BCUT2D eigenvalue weighted by Gasteiger charge is 2.29. The van der Waals surface area contributed by atoms with Gasteiger partial charge in [0.15, 0.2) is 0 Å². The number of anilines is 1. The average molecular weight is 463 g/mol. The van der Waals surface area contributed by atoms with E-state index in [1.54, 1.807) is 12.1 Å². The van der Waals surface area contributed by atoms with E-state index in [0.29, 0.717) is 23.4 Å². The van der Waals surface area contributed by atoms with Crippen molar-refractivity contribution in [3.05, 3.63) is 69.1 Å². The minimum Gasteiger partial charge on any atom is -0.478 e. The van der Waals surface area contributed by atoms with E-state index < -0.39 is 21.9 Å². The van der Waals surface area contributed by atoms with Gasteiger partial charge >= 0.3 is 5.97 Å². The van der Waals surface area contributed by atoms with Crippen LogP contribution < -0.4 is 10.5 Å². The predicted octanol–water partition coefficient (Wildman–Crippen LogP) is 3.77. The van der Waals surface area contributed by atoms with Crippen molar-refractivity contribution in [3.8, 4) is 11.1 Å². The van der Waals surface area contributed by atoms with Crippen molar-refractivity contribution >= 4 is 49.8 Å². The molecule has 0 aliphatic heterocycles. The second kappa shape index (κ2) is 7.51. The van der Waals surface area contributed by atoms with Crippen molar-refractivity contribution in [1.29, 1.82) is 0 Å². The largest absolute Gasteiger partial charge is 0.478 e. The Kier molecular flexibility index (Phi) is 5.15. The van der Waals surface area contributed by atoms with Crippen molar-refractivity contribution < 1.29 is 23.1 Å². The van der Waals surface area contributed by atoms with Gasteiger partial charge in [0, 0.05) is 21.0 Å². The number of hydrogen-bond acceptors (Lipinski definition) is 5. The van der Waals surface area contributed by atoms with Gasteiger partial charge in [-0.3, -0.25) is 4.79 Å². The van der Waals surface area contributed by atoms with E-state index in [4.69, 9.17) is 16.7 Å². The first-order valence-electron chi connectivity index (χ1n) is 8.77. The van der Waals surface area contributed by atoms with Crippen LogP contribution in [-0.2, 0) is 22.9 Å². The molecule has 1 aliphatic carbocycles. The van der Waals surface area contributed by atoms with E-state index in [-0.39, 0.29) is 21.0 Å². The van der Waals surface area contributed by atoms with Crippen LogP contribution in [0.3, 0.4) is 0 Å². The van der Waals surface area contributed by atoms with Crippen LogP contribution in [0.5, 0.6) is 0 Å². The van der Waals surface area contributed by atoms with Gasteiger partial charge in [0.2, 0.25) is 10.0 Å². The molecule has 1 amide bonds. The number of benzene rings is 2. The smallest absolute Gasteiger partial charge is 0.339 e. The Morgan fingerprint density at radius 1 is 1.13 bits per heavy atom. The average Bonchev–Trinajstić information content (AvgIpc) is 3.05. The first-order chi connectivity index (χ1) is 14.1. The van der Waals surface area contributed by atoms with Crippen molar-refractivity contribution in [1.82, 2.24) is 0 Å². The number of primary sulfonamides is 1. The molecule has 3 aromatic rings. The molecule has 7 nitrogen and oxygen atoms in total. The van der Waals surface area contributed by atoms with Gasteiger partial charge in [0.05, 0.1) is 4.90 Å². The maximum Gasteiger partial charge on any atom is 0.339 e. The van der Waals surface area contributed by atoms with Gasteiger partial charge in [-0.1, -0.05) is 23.7 Å². The molecule has 30 heavy (non-hydrogen) atoms. The highest BCUT2D eigenvalue weighted by Crippen LogP contribution is 2.45. The molecule has 4 N–H and O–H groups in total. The summed E-state index contributed by atoms with van der Waals surface area (Å²) in [5, 5.41) is 18.4. The lowest BCUT2D eigenvalue weighted by Crippen LogP contribution is -2.16. The lowest BCUT2D eigenvalue weighted by Gasteiger charge is -2.17. The molecule has 154 valence electrons. The van der Waals surface area contributed by atoms with Gasteiger partial charge < -0.3 is 10.4 Å². The summed E-state index contributed by atoms with van der Waals surface area (Å²) in [5.41, 5.74) is 2.38. The zero-order valence-corrected chi connectivity index (χ0v) is 17.7. The minimum atomic E-state index is -3.97. The Morgan fingerprint density at radius 3 is 2.60 bits per heavy atom. The summed E-state index contributed by atoms with van der Waals surface area (Å²) in [6.07, 6.45) is 1.34. The van der Waals surface area contributed by atoms with Gasteiger partial charge in [0.25, 0.3) is 5.91 Å². The van der Waals surface area contributed by atoms with E-state index in [1.807, 2.05) is 6.07 Å². The lowest BCUT2D eigenvalue weighted by atomic mass is 9.88. The number of rotatable bonds is 4. The van der Waals surface area contributed by atoms with E-state index in [9.17, 15) is 23.1 Å². The standard InChI is InChI=1S/C20H15ClN2O5S2/c21-12-5-6-14-10(8-12)4-7-15-16(14)17(20(25)26)19(29-15)23-18(24)11-2-1-3-13(9-11)30(22,27)28/h1-3,5-6,8-9H,4,7H2,(H,23,24)(H,25,26)(H2,22,27,28). The van der Waals surface area contributed by atoms with E-state index in [0.717, 1.165) is 22.1 Å². The third-order valence-electron chi connectivity index (χ3n) is 4.80. The quantitative estimate of drug-likeness (QED) is 0.544. The number of aromatic carboxylic acids is 1. The topological polar surface area (TPSA) is 127 Å². The molecule has 1 heterocycles. The van der Waals surface area contributed by atoms with Crippen LogP contribution >= 0.6 is 22.9 Å². The Hall–Kier alpha value is -2.72. The van der Waals surface area contributed by atoms with Crippen LogP contribution in [0.4, 0.5) is 5.00 Å². The lowest BCUT2D eigenvalue weighted by molar-refractivity contribution is 0.0699. The Morgan fingerprint density at radius 2 is 1.90 bits per heavy atom. The summed E-state index contributed by atoms with van der Waals surface area (Å²) >= 11 is 7.27. The zero-order valence-electron chi connectivity index (χ0n) is 15.3. The van der Waals surface area contributed by atoms with Crippen molar-refractivity contribution in [3.63, 3.8) is 0 Å². The number of nitrogens with one attached hydrogen (secondary N) is 1. The number of carboxylic acid groups (broad SMARTS) is 1. The number of nitrogens with two attached hydrogens (primary N) is 1. The Balaban J connectivity index is 1.76. The second-order valence-corrected chi connectivity index (χ2v) is 9.84. The molecular weight excluding hydrogens is 448 g/mol. The normalized spacial score (nSPS) is 12.7. The van der Waals surface area contributed by atoms with Crippen molar-refractivity contribution in [2.75, 3.05) is 5.32 Å². The van der Waals surface area contributed by atoms with Gasteiger partial charge in [0.1, 0.15) is 10.6 Å². The van der Waals surface area contributed by atoms with Crippen LogP contribution in [0.2, 0.25) is 5.02 Å². The number of carbonyl (C=O) groups is 2. The molecule has 0 saturated carbocycles. The third-order valence-corrected chi connectivity index (χ3v) is 7.12. The molecule has 2 aromatic carbocycles. The van der Waals surface area contributed by atoms with Crippen LogP contribution in [-0.4, -0.2) is 25.4 Å². The first-order valence-corrected chi connectivity index (χ1v) is 11.5. The van der Waals surface area contributed by atoms with Crippen LogP contribution in [0.15, 0.2) is 47.4 Å². The number of hydrogen-bond donors (Lipinski definition) is 3. The maximum atomic E-state index is 12.7. The first kappa shape index (κ1) is 20.5. The van der Waals surface area contributed by atoms with Crippen LogP contribution in [0.25, 0.3) is 11.1 Å². The monoisotopic (exact) mass is 462 g/mol. The fourth-order valence-corrected chi connectivity index (χ4v) is 5.44. The number of sulfonamides is 1. The number of aryl methyl sites for hydroxylation is 2. The molecule has 0 saturated heterocycles. The molecule has 0 unspecified atom stereocenters. The number of amides is 1. The molecule has 1 aromatic heterocycles. The minimum absolute atomic E-state index is 0.00854. The van der Waals surface area contributed by atoms with E-state index in [1.165, 1.54) is 29.5 Å². The van der Waals surface area contributed by atoms with Gasteiger partial charge in [-0.15, -0.1) is 11.3 Å². The van der Waals surface area contributed by atoms with E-state index >= 15 is 0 Å². The molecule has 0 radical (unpaired) electrons. The van der Waals surface area contributed by atoms with Crippen molar-refractivity contribution in [2.24, 2.45) is 5.14 Å². The number of fused-ring (bicyclic) bond motifs is 3. The molecule has 0 bridgehead atoms.